The van der Waals surface area contributed by atoms with Gasteiger partial charge in [0.25, 0.3) is 11.6 Å². The van der Waals surface area contributed by atoms with Crippen molar-refractivity contribution in [3.8, 4) is 0 Å². The van der Waals surface area contributed by atoms with E-state index in [1.54, 1.807) is 48.5 Å². The normalized spacial score (nSPS) is 16.0. The summed E-state index contributed by atoms with van der Waals surface area (Å²) in [6.07, 6.45) is 2.83. The van der Waals surface area contributed by atoms with Gasteiger partial charge in [0.2, 0.25) is 0 Å². The number of nitro groups is 1. The monoisotopic (exact) mass is 440 g/mol. The lowest BCUT2D eigenvalue weighted by Gasteiger charge is -2.26. The number of anilines is 1. The average Bonchev–Trinajstić information content (AvgIpc) is 3.09. The zero-order valence-corrected chi connectivity index (χ0v) is 17.7. The van der Waals surface area contributed by atoms with Crippen molar-refractivity contribution in [1.29, 1.82) is 0 Å². The third kappa shape index (κ3) is 4.16. The highest BCUT2D eigenvalue weighted by Crippen LogP contribution is 2.43. The van der Waals surface area contributed by atoms with Crippen molar-refractivity contribution in [3.63, 3.8) is 0 Å². The van der Waals surface area contributed by atoms with E-state index in [0.717, 1.165) is 11.1 Å². The van der Waals surface area contributed by atoms with Crippen LogP contribution in [-0.4, -0.2) is 21.7 Å². The number of amides is 1. The van der Waals surface area contributed by atoms with E-state index in [9.17, 15) is 24.8 Å². The van der Waals surface area contributed by atoms with Crippen LogP contribution in [0.3, 0.4) is 0 Å². The van der Waals surface area contributed by atoms with Crippen LogP contribution in [0, 0.1) is 17.0 Å². The van der Waals surface area contributed by atoms with Gasteiger partial charge in [-0.1, -0.05) is 66.2 Å². The number of nitro benzene ring substituents is 1. The highest BCUT2D eigenvalue weighted by Gasteiger charge is 2.46. The molecule has 1 N–H and O–H groups in total. The van der Waals surface area contributed by atoms with Crippen LogP contribution in [0.1, 0.15) is 22.7 Å². The van der Waals surface area contributed by atoms with Gasteiger partial charge < -0.3 is 5.11 Å². The van der Waals surface area contributed by atoms with Gasteiger partial charge >= 0.3 is 0 Å². The first-order valence-electron chi connectivity index (χ1n) is 10.2. The minimum atomic E-state index is -1.16. The van der Waals surface area contributed by atoms with Crippen molar-refractivity contribution >= 4 is 29.1 Å². The molecule has 1 heterocycles. The molecular weight excluding hydrogens is 420 g/mol. The molecule has 0 unspecified atom stereocenters. The molecule has 0 saturated heterocycles. The number of nitrogens with zero attached hydrogens (tertiary/aromatic N) is 2. The van der Waals surface area contributed by atoms with Gasteiger partial charge in [-0.05, 0) is 36.8 Å². The summed E-state index contributed by atoms with van der Waals surface area (Å²) >= 11 is 0. The SMILES string of the molecule is Cc1ccc(N2C(=O)C(O)=C(C(=O)/C=C/c3ccccc3)[C@@H]2c2ccccc2[N+](=O)[O-])cc1. The maximum Gasteiger partial charge on any atom is 0.294 e. The number of aliphatic hydroxyl groups is 1. The molecule has 164 valence electrons. The van der Waals surface area contributed by atoms with E-state index in [2.05, 4.69) is 0 Å². The van der Waals surface area contributed by atoms with Crippen LogP contribution in [0.25, 0.3) is 6.08 Å². The Kier molecular flexibility index (Phi) is 5.87. The van der Waals surface area contributed by atoms with Gasteiger partial charge in [0.15, 0.2) is 11.5 Å². The van der Waals surface area contributed by atoms with E-state index >= 15 is 0 Å². The Bertz CT molecular complexity index is 1290. The molecule has 1 amide bonds. The number of ketones is 1. The number of allylic oxidation sites excluding steroid dienone is 1. The number of benzene rings is 3. The molecular formula is C26H20N2O5. The Labute approximate surface area is 190 Å². The van der Waals surface area contributed by atoms with Crippen LogP contribution in [0.5, 0.6) is 0 Å². The van der Waals surface area contributed by atoms with Crippen molar-refractivity contribution in [1.82, 2.24) is 0 Å². The van der Waals surface area contributed by atoms with Crippen molar-refractivity contribution in [3.05, 3.63) is 123 Å². The Morgan fingerprint density at radius 3 is 2.30 bits per heavy atom. The molecule has 3 aromatic rings. The maximum atomic E-state index is 13.2. The molecule has 7 heteroatoms. The van der Waals surface area contributed by atoms with Gasteiger partial charge in [0.05, 0.1) is 16.1 Å². The predicted molar refractivity (Wildman–Crippen MR) is 125 cm³/mol. The number of para-hydroxylation sites is 1. The van der Waals surface area contributed by atoms with Crippen molar-refractivity contribution in [2.45, 2.75) is 13.0 Å². The summed E-state index contributed by atoms with van der Waals surface area (Å²) in [6.45, 7) is 1.88. The Hall–Kier alpha value is -4.52. The maximum absolute atomic E-state index is 13.2. The molecule has 33 heavy (non-hydrogen) atoms. The van der Waals surface area contributed by atoms with Gasteiger partial charge in [-0.25, -0.2) is 0 Å². The Morgan fingerprint density at radius 2 is 1.64 bits per heavy atom. The van der Waals surface area contributed by atoms with Crippen LogP contribution in [-0.2, 0) is 9.59 Å². The van der Waals surface area contributed by atoms with Gasteiger partial charge in [0.1, 0.15) is 6.04 Å². The summed E-state index contributed by atoms with van der Waals surface area (Å²) in [5.74, 6) is -2.12. The number of carbonyl (C=O) groups is 2. The second-order valence-electron chi connectivity index (χ2n) is 7.60. The Morgan fingerprint density at radius 1 is 1.00 bits per heavy atom. The molecule has 0 radical (unpaired) electrons. The molecule has 1 atom stereocenters. The number of aliphatic hydroxyl groups excluding tert-OH is 1. The van der Waals surface area contributed by atoms with Gasteiger partial charge in [-0.2, -0.15) is 0 Å². The van der Waals surface area contributed by atoms with Gasteiger partial charge in [0, 0.05) is 11.8 Å². The number of hydrogen-bond acceptors (Lipinski definition) is 5. The summed E-state index contributed by atoms with van der Waals surface area (Å²) in [6, 6.07) is 20.7. The van der Waals surface area contributed by atoms with E-state index in [1.165, 1.54) is 29.2 Å². The second kappa shape index (κ2) is 8.92. The average molecular weight is 440 g/mol. The van der Waals surface area contributed by atoms with Crippen LogP contribution in [0.4, 0.5) is 11.4 Å². The molecule has 0 aromatic heterocycles. The number of carbonyl (C=O) groups excluding carboxylic acids is 2. The lowest BCUT2D eigenvalue weighted by Crippen LogP contribution is -2.31. The van der Waals surface area contributed by atoms with Crippen molar-refractivity contribution < 1.29 is 19.6 Å². The van der Waals surface area contributed by atoms with Crippen molar-refractivity contribution in [2.24, 2.45) is 0 Å². The highest BCUT2D eigenvalue weighted by atomic mass is 16.6. The number of aryl methyl sites for hydroxylation is 1. The Balaban J connectivity index is 1.85. The molecule has 0 bridgehead atoms. The fourth-order valence-electron chi connectivity index (χ4n) is 3.83. The molecule has 0 aliphatic carbocycles. The second-order valence-corrected chi connectivity index (χ2v) is 7.60. The minimum Gasteiger partial charge on any atom is -0.503 e. The van der Waals surface area contributed by atoms with Crippen LogP contribution < -0.4 is 4.90 Å². The molecule has 0 fully saturated rings. The quantitative estimate of drug-likeness (QED) is 0.327. The fraction of sp³-hybridized carbons (Fsp3) is 0.0769. The zero-order chi connectivity index (χ0) is 23.5. The van der Waals surface area contributed by atoms with Gasteiger partial charge in [-0.3, -0.25) is 24.6 Å². The summed E-state index contributed by atoms with van der Waals surface area (Å²) < 4.78 is 0. The summed E-state index contributed by atoms with van der Waals surface area (Å²) in [7, 11) is 0. The van der Waals surface area contributed by atoms with Crippen LogP contribution >= 0.6 is 0 Å². The number of rotatable bonds is 6. The predicted octanol–water partition coefficient (Wildman–Crippen LogP) is 5.09. The molecule has 3 aromatic carbocycles. The highest BCUT2D eigenvalue weighted by molar-refractivity contribution is 6.20. The van der Waals surface area contributed by atoms with E-state index in [-0.39, 0.29) is 16.8 Å². The topological polar surface area (TPSA) is 101 Å². The molecule has 0 spiro atoms. The first-order valence-corrected chi connectivity index (χ1v) is 10.2. The third-order valence-corrected chi connectivity index (χ3v) is 5.44. The standard InChI is InChI=1S/C26H20N2O5/c1-17-11-14-19(15-12-17)27-24(20-9-5-6-10-21(20)28(32)33)23(25(30)26(27)31)22(29)16-13-18-7-3-2-4-8-18/h2-16,24,30H,1H3/b16-13+/t24-/m0/s1. The minimum absolute atomic E-state index is 0.136. The smallest absolute Gasteiger partial charge is 0.294 e. The van der Waals surface area contributed by atoms with E-state index < -0.39 is 28.4 Å². The lowest BCUT2D eigenvalue weighted by atomic mass is 9.94. The molecule has 4 rings (SSSR count). The lowest BCUT2D eigenvalue weighted by molar-refractivity contribution is -0.385. The largest absolute Gasteiger partial charge is 0.503 e. The fourth-order valence-corrected chi connectivity index (χ4v) is 3.83. The first-order chi connectivity index (χ1) is 15.9. The van der Waals surface area contributed by atoms with Crippen LogP contribution in [0.15, 0.2) is 96.3 Å². The van der Waals surface area contributed by atoms with Gasteiger partial charge in [-0.15, -0.1) is 0 Å². The third-order valence-electron chi connectivity index (χ3n) is 5.44. The molecule has 7 nitrogen and oxygen atoms in total. The van der Waals surface area contributed by atoms with Crippen molar-refractivity contribution in [2.75, 3.05) is 4.90 Å². The zero-order valence-electron chi connectivity index (χ0n) is 17.7. The summed E-state index contributed by atoms with van der Waals surface area (Å²) in [5.41, 5.74) is 1.80. The van der Waals surface area contributed by atoms with Crippen LogP contribution in [0.2, 0.25) is 0 Å². The number of hydrogen-bond donors (Lipinski definition) is 1. The first kappa shape index (κ1) is 21.7. The molecule has 0 saturated carbocycles. The van der Waals surface area contributed by atoms with E-state index in [1.807, 2.05) is 25.1 Å². The molecule has 1 aliphatic rings. The van der Waals surface area contributed by atoms with E-state index in [4.69, 9.17) is 0 Å². The molecule has 1 aliphatic heterocycles. The van der Waals surface area contributed by atoms with E-state index in [0.29, 0.717) is 5.69 Å². The summed E-state index contributed by atoms with van der Waals surface area (Å²) in [4.78, 5) is 38.7. The summed E-state index contributed by atoms with van der Waals surface area (Å²) in [5, 5.41) is 22.5.